The molecule has 1 aromatic heterocycles. The van der Waals surface area contributed by atoms with Gasteiger partial charge in [-0.15, -0.1) is 0 Å². The average molecular weight is 427 g/mol. The molecule has 0 spiro atoms. The van der Waals surface area contributed by atoms with Crippen molar-refractivity contribution < 1.29 is 39.2 Å². The molecular formula is C20H19F2N3O5. The zero-order valence-corrected chi connectivity index (χ0v) is 15.2. The molecule has 158 valence electrons. The molecule has 2 N–H and O–H groups in total. The maximum absolute atomic E-state index is 13.9. The van der Waals surface area contributed by atoms with Crippen LogP contribution in [0.15, 0.2) is 29.2 Å². The molecule has 4 rings (SSSR count). The van der Waals surface area contributed by atoms with Crippen molar-refractivity contribution in [2.45, 2.75) is 38.6 Å². The van der Waals surface area contributed by atoms with Gasteiger partial charge in [0.15, 0.2) is 17.6 Å². The van der Waals surface area contributed by atoms with Crippen LogP contribution >= 0.6 is 0 Å². The van der Waals surface area contributed by atoms with Crippen LogP contribution in [-0.4, -0.2) is 45.2 Å². The molecule has 2 atom stereocenters. The Kier molecular flexibility index (Phi) is 3.12. The molecule has 3 heterocycles. The van der Waals surface area contributed by atoms with E-state index < -0.39 is 84.1 Å². The Morgan fingerprint density at radius 3 is 2.93 bits per heavy atom. The van der Waals surface area contributed by atoms with E-state index in [9.17, 15) is 28.3 Å². The van der Waals surface area contributed by atoms with E-state index in [1.807, 2.05) is 0 Å². The molecule has 0 aliphatic carbocycles. The fraction of sp³-hybridized carbons (Fsp3) is 0.350. The van der Waals surface area contributed by atoms with Gasteiger partial charge in [0.05, 0.1) is 21.3 Å². The van der Waals surface area contributed by atoms with Crippen molar-refractivity contribution in [2.75, 3.05) is 6.56 Å². The van der Waals surface area contributed by atoms with Gasteiger partial charge in [-0.3, -0.25) is 14.4 Å². The Balaban J connectivity index is 1.84. The summed E-state index contributed by atoms with van der Waals surface area (Å²) in [6.07, 6.45) is -6.33. The summed E-state index contributed by atoms with van der Waals surface area (Å²) in [4.78, 5) is 38.8. The minimum Gasteiger partial charge on any atom is -0.503 e. The summed E-state index contributed by atoms with van der Waals surface area (Å²) in [5.74, 6) is -6.29. The van der Waals surface area contributed by atoms with Crippen LogP contribution in [0.3, 0.4) is 0 Å². The smallest absolute Gasteiger partial charge is 0.276 e. The number of amides is 2. The zero-order chi connectivity index (χ0) is 28.8. The Bertz CT molecular complexity index is 1450. The first-order chi connectivity index (χ1) is 17.2. The number of halogens is 2. The van der Waals surface area contributed by atoms with Gasteiger partial charge in [0, 0.05) is 33.1 Å². The maximum Gasteiger partial charge on any atom is 0.276 e. The van der Waals surface area contributed by atoms with Crippen LogP contribution in [0, 0.1) is 11.6 Å². The van der Waals surface area contributed by atoms with Crippen LogP contribution in [0.2, 0.25) is 0 Å². The summed E-state index contributed by atoms with van der Waals surface area (Å²) in [6.45, 7) is -6.77. The van der Waals surface area contributed by atoms with E-state index >= 15 is 0 Å². The second-order valence-corrected chi connectivity index (χ2v) is 6.33. The molecule has 30 heavy (non-hydrogen) atoms. The molecule has 0 saturated carbocycles. The third kappa shape index (κ3) is 3.32. The van der Waals surface area contributed by atoms with E-state index in [4.69, 9.17) is 15.7 Å². The summed E-state index contributed by atoms with van der Waals surface area (Å²) < 4.78 is 98.0. The molecule has 2 aliphatic heterocycles. The number of carbonyl (C=O) groups is 2. The Hall–Kier alpha value is -3.27. The molecule has 1 fully saturated rings. The first-order valence-corrected chi connectivity index (χ1v) is 8.48. The summed E-state index contributed by atoms with van der Waals surface area (Å²) in [7, 11) is 0. The van der Waals surface area contributed by atoms with E-state index in [2.05, 4.69) is 5.32 Å². The largest absolute Gasteiger partial charge is 0.503 e. The van der Waals surface area contributed by atoms with Gasteiger partial charge < -0.3 is 24.6 Å². The van der Waals surface area contributed by atoms with Crippen molar-refractivity contribution in [3.05, 3.63) is 63.1 Å². The van der Waals surface area contributed by atoms with E-state index in [0.29, 0.717) is 19.2 Å². The molecular weight excluding hydrogens is 400 g/mol. The molecule has 1 saturated heterocycles. The van der Waals surface area contributed by atoms with Crippen molar-refractivity contribution in [1.29, 1.82) is 0 Å². The van der Waals surface area contributed by atoms with Crippen LogP contribution in [-0.2, 0) is 17.8 Å². The molecule has 1 aromatic carbocycles. The normalized spacial score (nSPS) is 34.4. The summed E-state index contributed by atoms with van der Waals surface area (Å²) in [5.41, 5.74) is -3.79. The summed E-state index contributed by atoms with van der Waals surface area (Å²) >= 11 is 0. The SMILES string of the molecule is [2H]C1([2H])O[C@]2([2H])N(C(=O)c3c(O)c(=O)c(C(=O)NCc4ccc(F)cc4F)cn3C2([2H])[2H])[C@]([2H])(C)C1([2H])[2H]. The third-order valence-electron chi connectivity index (χ3n) is 4.42. The number of carbonyl (C=O) groups excluding carboxylic acids is 2. The van der Waals surface area contributed by atoms with E-state index in [0.717, 1.165) is 12.1 Å². The molecule has 0 radical (unpaired) electrons. The Labute approximate surface area is 180 Å². The van der Waals surface area contributed by atoms with Gasteiger partial charge in [-0.1, -0.05) is 6.07 Å². The van der Waals surface area contributed by atoms with Gasteiger partial charge in [-0.2, -0.15) is 0 Å². The summed E-state index contributed by atoms with van der Waals surface area (Å²) in [6, 6.07) is -0.520. The fourth-order valence-electron chi connectivity index (χ4n) is 2.92. The number of nitrogens with one attached hydrogen (secondary N) is 1. The van der Waals surface area contributed by atoms with Crippen LogP contribution in [0.4, 0.5) is 8.78 Å². The number of rotatable bonds is 3. The second kappa shape index (κ2) is 7.52. The van der Waals surface area contributed by atoms with Crippen molar-refractivity contribution in [2.24, 2.45) is 0 Å². The van der Waals surface area contributed by atoms with Crippen molar-refractivity contribution in [3.8, 4) is 5.75 Å². The minimum absolute atomic E-state index is 0.0626. The average Bonchev–Trinajstić information content (AvgIpc) is 2.77. The third-order valence-corrected chi connectivity index (χ3v) is 4.42. The van der Waals surface area contributed by atoms with Gasteiger partial charge in [-0.25, -0.2) is 8.78 Å². The zero-order valence-electron chi connectivity index (χ0n) is 23.2. The Morgan fingerprint density at radius 2 is 2.20 bits per heavy atom. The standard InChI is InChI=1S/C20H19F2N3O5/c1-10-4-5-30-15-9-24-8-13(17(26)18(27)16(24)20(29)25(10)15)19(28)23-7-11-2-3-12(21)6-14(11)22/h2-3,6,8,10,15,27H,4-5,7,9H2,1H3,(H,23,28)/t10-,15+/m1/s1/i4D2,5D2,9D2,10D,15D. The highest BCUT2D eigenvalue weighted by Crippen LogP contribution is 2.29. The number of ether oxygens (including phenoxy) is 1. The lowest BCUT2D eigenvalue weighted by Gasteiger charge is -2.44. The van der Waals surface area contributed by atoms with Crippen molar-refractivity contribution >= 4 is 11.8 Å². The lowest BCUT2D eigenvalue weighted by Crippen LogP contribution is -2.57. The molecule has 8 nitrogen and oxygen atoms in total. The lowest BCUT2D eigenvalue weighted by atomic mass is 10.1. The first-order valence-electron chi connectivity index (χ1n) is 12.5. The second-order valence-electron chi connectivity index (χ2n) is 6.33. The quantitative estimate of drug-likeness (QED) is 0.770. The number of benzene rings is 1. The molecule has 0 bridgehead atoms. The molecule has 10 heteroatoms. The Morgan fingerprint density at radius 1 is 1.43 bits per heavy atom. The molecule has 2 aliphatic rings. The number of hydrogen-bond acceptors (Lipinski definition) is 5. The van der Waals surface area contributed by atoms with E-state index in [1.54, 1.807) is 0 Å². The predicted molar refractivity (Wildman–Crippen MR) is 99.9 cm³/mol. The molecule has 2 amide bonds. The topological polar surface area (TPSA) is 101 Å². The minimum atomic E-state index is -3.48. The number of aromatic nitrogens is 1. The monoisotopic (exact) mass is 427 g/mol. The van der Waals surface area contributed by atoms with Gasteiger partial charge in [0.25, 0.3) is 11.8 Å². The number of fused-ring (bicyclic) bond motifs is 2. The van der Waals surface area contributed by atoms with Gasteiger partial charge in [0.1, 0.15) is 17.2 Å². The highest BCUT2D eigenvalue weighted by atomic mass is 19.1. The number of aromatic hydroxyl groups is 1. The van der Waals surface area contributed by atoms with Crippen molar-refractivity contribution in [1.82, 2.24) is 14.8 Å². The number of hydrogen-bond donors (Lipinski definition) is 2. The summed E-state index contributed by atoms with van der Waals surface area (Å²) in [5, 5.41) is 12.7. The van der Waals surface area contributed by atoms with Crippen LogP contribution in [0.5, 0.6) is 5.75 Å². The van der Waals surface area contributed by atoms with Crippen molar-refractivity contribution in [3.63, 3.8) is 0 Å². The van der Waals surface area contributed by atoms with Crippen LogP contribution < -0.4 is 10.7 Å². The lowest BCUT2D eigenvalue weighted by molar-refractivity contribution is -0.112. The number of nitrogens with zero attached hydrogens (tertiary/aromatic N) is 2. The predicted octanol–water partition coefficient (Wildman–Crippen LogP) is 1.35. The van der Waals surface area contributed by atoms with Crippen LogP contribution in [0.1, 0.15) is 50.7 Å². The highest BCUT2D eigenvalue weighted by Gasteiger charge is 2.41. The van der Waals surface area contributed by atoms with Gasteiger partial charge in [0.2, 0.25) is 5.43 Å². The van der Waals surface area contributed by atoms with E-state index in [1.165, 1.54) is 0 Å². The highest BCUT2D eigenvalue weighted by molar-refractivity contribution is 5.99. The van der Waals surface area contributed by atoms with E-state index in [-0.39, 0.29) is 15.0 Å². The van der Waals surface area contributed by atoms with Gasteiger partial charge >= 0.3 is 0 Å². The molecule has 0 unspecified atom stereocenters. The maximum atomic E-state index is 13.9. The van der Waals surface area contributed by atoms with Gasteiger partial charge in [-0.05, 0) is 19.4 Å². The molecule has 2 aromatic rings. The fourth-order valence-corrected chi connectivity index (χ4v) is 2.92. The number of pyridine rings is 1. The van der Waals surface area contributed by atoms with Crippen LogP contribution in [0.25, 0.3) is 0 Å². The first kappa shape index (κ1) is 12.4.